The van der Waals surface area contributed by atoms with E-state index in [1.807, 2.05) is 0 Å². The van der Waals surface area contributed by atoms with E-state index in [0.717, 1.165) is 34.5 Å². The second kappa shape index (κ2) is 11.9. The molecule has 0 radical (unpaired) electrons. The van der Waals surface area contributed by atoms with Crippen molar-refractivity contribution in [1.82, 2.24) is 15.0 Å². The van der Waals surface area contributed by atoms with Gasteiger partial charge in [0.05, 0.1) is 0 Å². The van der Waals surface area contributed by atoms with Crippen LogP contribution >= 0.6 is 0 Å². The predicted octanol–water partition coefficient (Wildman–Crippen LogP) is 11.1. The van der Waals surface area contributed by atoms with Gasteiger partial charge in [0.15, 0.2) is 11.6 Å². The molecule has 0 atom stereocenters. The van der Waals surface area contributed by atoms with Gasteiger partial charge in [0, 0.05) is 17.5 Å². The molecule has 0 amide bonds. The number of aromatic nitrogens is 3. The Morgan fingerprint density at radius 2 is 0.804 bits per heavy atom. The fourth-order valence-corrected chi connectivity index (χ4v) is 6.40. The summed E-state index contributed by atoms with van der Waals surface area (Å²) >= 11 is 0. The molecule has 3 heteroatoms. The van der Waals surface area contributed by atoms with E-state index in [2.05, 4.69) is 165 Å². The van der Waals surface area contributed by atoms with Gasteiger partial charge >= 0.3 is 0 Å². The van der Waals surface area contributed by atoms with E-state index in [0.29, 0.717) is 11.6 Å². The molecule has 0 N–H and O–H groups in total. The summed E-state index contributed by atoms with van der Waals surface area (Å²) in [4.78, 5) is 14.8. The Morgan fingerprint density at radius 1 is 0.370 bits per heavy atom. The predicted molar refractivity (Wildman–Crippen MR) is 191 cm³/mol. The van der Waals surface area contributed by atoms with Crippen LogP contribution in [0.4, 0.5) is 0 Å². The van der Waals surface area contributed by atoms with E-state index in [1.54, 1.807) is 0 Å². The minimum absolute atomic E-state index is 0.685. The number of fused-ring (bicyclic) bond motifs is 2. The molecule has 218 valence electrons. The first kappa shape index (κ1) is 27.6. The standard InChI is InChI=1S/C43H31N3/c1-2-41-44-42(33-19-8-17-31(27-33)37-22-10-16-30-15-6-7-21-35(30)37)46-43(45-41)34-20-9-18-32(28-34)38-24-12-25-39-36(23-11-26-40(38)39)29-13-4-3-5-14-29/h3-28H,2H2,1H3. The van der Waals surface area contributed by atoms with Crippen molar-refractivity contribution in [3.05, 3.63) is 164 Å². The van der Waals surface area contributed by atoms with Crippen LogP contribution in [0.15, 0.2) is 158 Å². The van der Waals surface area contributed by atoms with E-state index in [-0.39, 0.29) is 0 Å². The Morgan fingerprint density at radius 3 is 1.43 bits per heavy atom. The highest BCUT2D eigenvalue weighted by molar-refractivity contribution is 6.04. The molecule has 0 bridgehead atoms. The van der Waals surface area contributed by atoms with Gasteiger partial charge in [0.2, 0.25) is 0 Å². The SMILES string of the molecule is CCc1nc(-c2cccc(-c3cccc4ccccc34)c2)nc(-c2cccc(-c3cccc4c(-c5ccccc5)cccc34)c2)n1. The van der Waals surface area contributed by atoms with Crippen LogP contribution in [0.5, 0.6) is 0 Å². The van der Waals surface area contributed by atoms with Gasteiger partial charge in [-0.15, -0.1) is 0 Å². The van der Waals surface area contributed by atoms with Crippen molar-refractivity contribution in [2.24, 2.45) is 0 Å². The molecular formula is C43H31N3. The van der Waals surface area contributed by atoms with Gasteiger partial charge in [-0.05, 0) is 67.1 Å². The molecule has 7 aromatic carbocycles. The Balaban J connectivity index is 1.21. The molecule has 8 rings (SSSR count). The third-order valence-electron chi connectivity index (χ3n) is 8.66. The van der Waals surface area contributed by atoms with Crippen LogP contribution in [0.1, 0.15) is 12.7 Å². The highest BCUT2D eigenvalue weighted by Crippen LogP contribution is 2.36. The number of hydrogen-bond acceptors (Lipinski definition) is 3. The molecule has 1 aromatic heterocycles. The molecule has 1 heterocycles. The van der Waals surface area contributed by atoms with E-state index < -0.39 is 0 Å². The highest BCUT2D eigenvalue weighted by atomic mass is 15.0. The highest BCUT2D eigenvalue weighted by Gasteiger charge is 2.14. The van der Waals surface area contributed by atoms with Gasteiger partial charge in [0.25, 0.3) is 0 Å². The van der Waals surface area contributed by atoms with Crippen LogP contribution in [-0.2, 0) is 6.42 Å². The van der Waals surface area contributed by atoms with Gasteiger partial charge in [-0.1, -0.05) is 153 Å². The first-order valence-electron chi connectivity index (χ1n) is 15.8. The number of nitrogens with zero attached hydrogens (tertiary/aromatic N) is 3. The Hall–Kier alpha value is -5.93. The third-order valence-corrected chi connectivity index (χ3v) is 8.66. The average Bonchev–Trinajstić information content (AvgIpc) is 3.14. The van der Waals surface area contributed by atoms with E-state index >= 15 is 0 Å². The van der Waals surface area contributed by atoms with Crippen molar-refractivity contribution >= 4 is 21.5 Å². The molecule has 0 fully saturated rings. The summed E-state index contributed by atoms with van der Waals surface area (Å²) in [7, 11) is 0. The molecule has 0 unspecified atom stereocenters. The molecule has 0 saturated heterocycles. The van der Waals surface area contributed by atoms with E-state index in [1.165, 1.54) is 43.8 Å². The second-order valence-corrected chi connectivity index (χ2v) is 11.5. The number of aryl methyl sites for hydroxylation is 1. The largest absolute Gasteiger partial charge is 0.213 e. The Labute approximate surface area is 268 Å². The van der Waals surface area contributed by atoms with Crippen molar-refractivity contribution < 1.29 is 0 Å². The van der Waals surface area contributed by atoms with E-state index in [9.17, 15) is 0 Å². The van der Waals surface area contributed by atoms with Gasteiger partial charge in [-0.3, -0.25) is 0 Å². The van der Waals surface area contributed by atoms with Gasteiger partial charge in [-0.25, -0.2) is 15.0 Å². The quantitative estimate of drug-likeness (QED) is 0.194. The zero-order chi connectivity index (χ0) is 30.9. The van der Waals surface area contributed by atoms with Crippen LogP contribution in [0, 0.1) is 0 Å². The molecule has 0 aliphatic heterocycles. The molecule has 8 aromatic rings. The Bertz CT molecular complexity index is 2350. The smallest absolute Gasteiger partial charge is 0.163 e. The summed E-state index contributed by atoms with van der Waals surface area (Å²) < 4.78 is 0. The maximum atomic E-state index is 5.05. The van der Waals surface area contributed by atoms with Gasteiger partial charge < -0.3 is 0 Å². The topological polar surface area (TPSA) is 38.7 Å². The van der Waals surface area contributed by atoms with Crippen molar-refractivity contribution in [2.45, 2.75) is 13.3 Å². The van der Waals surface area contributed by atoms with Crippen LogP contribution < -0.4 is 0 Å². The molecule has 0 saturated carbocycles. The monoisotopic (exact) mass is 589 g/mol. The maximum absolute atomic E-state index is 5.05. The van der Waals surface area contributed by atoms with Gasteiger partial charge in [-0.2, -0.15) is 0 Å². The lowest BCUT2D eigenvalue weighted by Crippen LogP contribution is -2.02. The lowest BCUT2D eigenvalue weighted by atomic mass is 9.92. The van der Waals surface area contributed by atoms with Crippen LogP contribution in [0.3, 0.4) is 0 Å². The van der Waals surface area contributed by atoms with Crippen molar-refractivity contribution in [2.75, 3.05) is 0 Å². The van der Waals surface area contributed by atoms with Crippen LogP contribution in [0.25, 0.3) is 77.7 Å². The van der Waals surface area contributed by atoms with Crippen molar-refractivity contribution in [1.29, 1.82) is 0 Å². The minimum atomic E-state index is 0.685. The van der Waals surface area contributed by atoms with Crippen molar-refractivity contribution in [3.8, 4) is 56.2 Å². The summed E-state index contributed by atoms with van der Waals surface area (Å²) in [5.74, 6) is 2.15. The number of benzene rings is 7. The fourth-order valence-electron chi connectivity index (χ4n) is 6.40. The minimum Gasteiger partial charge on any atom is -0.213 e. The average molecular weight is 590 g/mol. The third kappa shape index (κ3) is 5.12. The summed E-state index contributed by atoms with van der Waals surface area (Å²) in [6.07, 6.45) is 0.719. The molecule has 0 aliphatic carbocycles. The number of rotatable bonds is 6. The fraction of sp³-hybridized carbons (Fsp3) is 0.0465. The molecule has 3 nitrogen and oxygen atoms in total. The first-order valence-corrected chi connectivity index (χ1v) is 15.8. The van der Waals surface area contributed by atoms with Crippen LogP contribution in [0.2, 0.25) is 0 Å². The summed E-state index contributed by atoms with van der Waals surface area (Å²) in [6.45, 7) is 2.09. The second-order valence-electron chi connectivity index (χ2n) is 11.5. The van der Waals surface area contributed by atoms with Crippen LogP contribution in [-0.4, -0.2) is 15.0 Å². The molecule has 0 aliphatic rings. The van der Waals surface area contributed by atoms with Crippen molar-refractivity contribution in [3.63, 3.8) is 0 Å². The normalized spacial score (nSPS) is 11.2. The van der Waals surface area contributed by atoms with E-state index in [4.69, 9.17) is 15.0 Å². The zero-order valence-electron chi connectivity index (χ0n) is 25.6. The molecule has 46 heavy (non-hydrogen) atoms. The van der Waals surface area contributed by atoms with Gasteiger partial charge in [0.1, 0.15) is 5.82 Å². The zero-order valence-corrected chi connectivity index (χ0v) is 25.6. The number of hydrogen-bond donors (Lipinski definition) is 0. The summed E-state index contributed by atoms with van der Waals surface area (Å²) in [5.41, 5.74) is 9.05. The first-order chi connectivity index (χ1) is 22.7. The lowest BCUT2D eigenvalue weighted by Gasteiger charge is -2.13. The summed E-state index contributed by atoms with van der Waals surface area (Å²) in [6, 6.07) is 55.8. The lowest BCUT2D eigenvalue weighted by molar-refractivity contribution is 0.910. The maximum Gasteiger partial charge on any atom is 0.163 e. The molecule has 0 spiro atoms. The molecular weight excluding hydrogens is 558 g/mol. The summed E-state index contributed by atoms with van der Waals surface area (Å²) in [5, 5.41) is 4.91. The Kier molecular flexibility index (Phi) is 7.12.